The molecule has 3 aromatic rings. The van der Waals surface area contributed by atoms with Gasteiger partial charge in [-0.05, 0) is 56.2 Å². The van der Waals surface area contributed by atoms with Crippen LogP contribution < -0.4 is 10.9 Å². The number of hydrogen-bond acceptors (Lipinski definition) is 4. The molecule has 0 aliphatic heterocycles. The number of rotatable bonds is 5. The predicted molar refractivity (Wildman–Crippen MR) is 120 cm³/mol. The Morgan fingerprint density at radius 2 is 1.65 bits per heavy atom. The van der Waals surface area contributed by atoms with Gasteiger partial charge in [-0.1, -0.05) is 18.2 Å². The number of hydrogen-bond donors (Lipinski definition) is 1. The van der Waals surface area contributed by atoms with Crippen LogP contribution in [0.3, 0.4) is 0 Å². The van der Waals surface area contributed by atoms with Gasteiger partial charge in [0.25, 0.3) is 11.5 Å². The van der Waals surface area contributed by atoms with Gasteiger partial charge in [0.2, 0.25) is 10.0 Å². The molecule has 1 heterocycles. The molecule has 1 amide bonds. The molecule has 2 aromatic carbocycles. The summed E-state index contributed by atoms with van der Waals surface area (Å²) in [4.78, 5) is 26.1. The van der Waals surface area contributed by atoms with Gasteiger partial charge in [-0.25, -0.2) is 17.4 Å². The van der Waals surface area contributed by atoms with Gasteiger partial charge >= 0.3 is 0 Å². The first kappa shape index (κ1) is 22.5. The number of benzene rings is 2. The van der Waals surface area contributed by atoms with Crippen LogP contribution in [0, 0.1) is 20.8 Å². The van der Waals surface area contributed by atoms with Crippen LogP contribution in [0.4, 0.5) is 5.69 Å². The highest BCUT2D eigenvalue weighted by Gasteiger charge is 2.24. The molecule has 8 nitrogen and oxygen atoms in total. The summed E-state index contributed by atoms with van der Waals surface area (Å²) < 4.78 is 29.6. The number of para-hydroxylation sites is 1. The lowest BCUT2D eigenvalue weighted by atomic mass is 10.1. The molecule has 0 aliphatic carbocycles. The number of nitrogens with one attached hydrogen (secondary N) is 1. The van der Waals surface area contributed by atoms with Gasteiger partial charge in [-0.2, -0.15) is 0 Å². The Balaban J connectivity index is 2.06. The lowest BCUT2D eigenvalue weighted by Crippen LogP contribution is -2.25. The smallest absolute Gasteiger partial charge is 0.295 e. The Bertz CT molecular complexity index is 1320. The summed E-state index contributed by atoms with van der Waals surface area (Å²) in [5.41, 5.74) is 2.43. The minimum atomic E-state index is -3.73. The van der Waals surface area contributed by atoms with E-state index in [1.807, 2.05) is 18.2 Å². The molecule has 164 valence electrons. The van der Waals surface area contributed by atoms with Crippen molar-refractivity contribution in [2.45, 2.75) is 25.7 Å². The van der Waals surface area contributed by atoms with Crippen LogP contribution in [0.25, 0.3) is 5.69 Å². The van der Waals surface area contributed by atoms with Crippen LogP contribution in [0.2, 0.25) is 0 Å². The summed E-state index contributed by atoms with van der Waals surface area (Å²) in [5, 5.41) is 2.68. The number of aryl methyl sites for hydroxylation is 1. The highest BCUT2D eigenvalue weighted by Crippen LogP contribution is 2.24. The average Bonchev–Trinajstić information content (AvgIpc) is 2.93. The zero-order valence-electron chi connectivity index (χ0n) is 18.4. The quantitative estimate of drug-likeness (QED) is 0.657. The van der Waals surface area contributed by atoms with E-state index < -0.39 is 15.9 Å². The first-order chi connectivity index (χ1) is 14.5. The Hall–Kier alpha value is -3.17. The molecule has 0 unspecified atom stereocenters. The maximum Gasteiger partial charge on any atom is 0.295 e. The molecule has 0 atom stereocenters. The van der Waals surface area contributed by atoms with E-state index in [0.717, 1.165) is 4.31 Å². The molecular formula is C22H26N4O4S. The predicted octanol–water partition coefficient (Wildman–Crippen LogP) is 2.60. The fourth-order valence-electron chi connectivity index (χ4n) is 3.32. The molecule has 0 aliphatic rings. The van der Waals surface area contributed by atoms with E-state index in [4.69, 9.17) is 0 Å². The summed E-state index contributed by atoms with van der Waals surface area (Å²) in [6, 6.07) is 12.1. The van der Waals surface area contributed by atoms with Crippen molar-refractivity contribution in [2.24, 2.45) is 7.05 Å². The van der Waals surface area contributed by atoms with Gasteiger partial charge in [0.1, 0.15) is 5.69 Å². The maximum atomic E-state index is 13.0. The molecule has 0 radical (unpaired) electrons. The second kappa shape index (κ2) is 8.16. The molecule has 31 heavy (non-hydrogen) atoms. The number of sulfonamides is 1. The van der Waals surface area contributed by atoms with Crippen LogP contribution in [0.5, 0.6) is 0 Å². The first-order valence-corrected chi connectivity index (χ1v) is 11.1. The van der Waals surface area contributed by atoms with Gasteiger partial charge in [0, 0.05) is 26.7 Å². The van der Waals surface area contributed by atoms with Gasteiger partial charge in [0.05, 0.1) is 16.3 Å². The molecule has 0 fully saturated rings. The number of carbonyl (C=O) groups excluding carboxylic acids is 1. The Labute approximate surface area is 181 Å². The van der Waals surface area contributed by atoms with Gasteiger partial charge in [-0.3, -0.25) is 14.3 Å². The van der Waals surface area contributed by atoms with E-state index in [0.29, 0.717) is 22.5 Å². The van der Waals surface area contributed by atoms with Gasteiger partial charge in [-0.15, -0.1) is 0 Å². The maximum absolute atomic E-state index is 13.0. The third-order valence-corrected chi connectivity index (χ3v) is 7.37. The van der Waals surface area contributed by atoms with E-state index in [9.17, 15) is 18.0 Å². The van der Waals surface area contributed by atoms with Crippen molar-refractivity contribution in [1.82, 2.24) is 13.7 Å². The molecule has 0 saturated heterocycles. The van der Waals surface area contributed by atoms with Gasteiger partial charge in [0.15, 0.2) is 0 Å². The van der Waals surface area contributed by atoms with E-state index in [2.05, 4.69) is 5.32 Å². The Morgan fingerprint density at radius 1 is 1.03 bits per heavy atom. The van der Waals surface area contributed by atoms with E-state index in [-0.39, 0.29) is 21.7 Å². The van der Waals surface area contributed by atoms with E-state index >= 15 is 0 Å². The summed E-state index contributed by atoms with van der Waals surface area (Å²) in [5.74, 6) is -0.552. The van der Waals surface area contributed by atoms with E-state index in [1.54, 1.807) is 50.7 Å². The van der Waals surface area contributed by atoms with E-state index in [1.165, 1.54) is 24.8 Å². The summed E-state index contributed by atoms with van der Waals surface area (Å²) in [6.45, 7) is 5.18. The molecule has 1 aromatic heterocycles. The lowest BCUT2D eigenvalue weighted by Gasteiger charge is -2.16. The molecule has 0 spiro atoms. The minimum absolute atomic E-state index is 0.0640. The largest absolute Gasteiger partial charge is 0.316 e. The fraction of sp³-hybridized carbons (Fsp3) is 0.273. The van der Waals surface area contributed by atoms with Gasteiger partial charge < -0.3 is 5.32 Å². The zero-order chi connectivity index (χ0) is 23.1. The van der Waals surface area contributed by atoms with Crippen molar-refractivity contribution in [3.8, 4) is 5.69 Å². The third-order valence-electron chi connectivity index (χ3n) is 5.43. The van der Waals surface area contributed by atoms with Crippen molar-refractivity contribution in [2.75, 3.05) is 19.4 Å². The average molecular weight is 443 g/mol. The first-order valence-electron chi connectivity index (χ1n) is 9.66. The standard InChI is InChI=1S/C22H26N4O4S/c1-14-12-17(13-19(15(14)2)31(29,30)24(4)5)21(27)23-20-16(3)25(6)26(22(20)28)18-10-8-7-9-11-18/h7-13H,1-6H3,(H,23,27). The van der Waals surface area contributed by atoms with Crippen LogP contribution in [-0.4, -0.2) is 42.1 Å². The molecular weight excluding hydrogens is 416 g/mol. The molecule has 1 N–H and O–H groups in total. The summed E-state index contributed by atoms with van der Waals surface area (Å²) in [6.07, 6.45) is 0. The molecule has 0 saturated carbocycles. The van der Waals surface area contributed by atoms with Crippen LogP contribution >= 0.6 is 0 Å². The van der Waals surface area contributed by atoms with Crippen molar-refractivity contribution in [3.63, 3.8) is 0 Å². The van der Waals surface area contributed by atoms with Crippen molar-refractivity contribution >= 4 is 21.6 Å². The fourth-order valence-corrected chi connectivity index (χ4v) is 4.54. The number of carbonyl (C=O) groups is 1. The number of anilines is 1. The molecule has 3 rings (SSSR count). The topological polar surface area (TPSA) is 93.4 Å². The van der Waals surface area contributed by atoms with Crippen LogP contribution in [0.15, 0.2) is 52.2 Å². The molecule has 0 bridgehead atoms. The second-order valence-electron chi connectivity index (χ2n) is 7.59. The number of aromatic nitrogens is 2. The minimum Gasteiger partial charge on any atom is -0.316 e. The highest BCUT2D eigenvalue weighted by molar-refractivity contribution is 7.89. The SMILES string of the molecule is Cc1cc(C(=O)Nc2c(C)n(C)n(-c3ccccc3)c2=O)cc(S(=O)(=O)N(C)C)c1C. The van der Waals surface area contributed by atoms with Crippen molar-refractivity contribution < 1.29 is 13.2 Å². The molecule has 9 heteroatoms. The summed E-state index contributed by atoms with van der Waals surface area (Å²) >= 11 is 0. The highest BCUT2D eigenvalue weighted by atomic mass is 32.2. The van der Waals surface area contributed by atoms with Crippen molar-refractivity contribution in [1.29, 1.82) is 0 Å². The number of amides is 1. The monoisotopic (exact) mass is 442 g/mol. The van der Waals surface area contributed by atoms with Crippen molar-refractivity contribution in [3.05, 3.63) is 75.2 Å². The lowest BCUT2D eigenvalue weighted by molar-refractivity contribution is 0.102. The Morgan fingerprint density at radius 3 is 2.23 bits per heavy atom. The normalized spacial score (nSPS) is 11.7. The summed E-state index contributed by atoms with van der Waals surface area (Å²) in [7, 11) is 0.884. The van der Waals surface area contributed by atoms with Crippen LogP contribution in [0.1, 0.15) is 27.2 Å². The zero-order valence-corrected chi connectivity index (χ0v) is 19.2. The van der Waals surface area contributed by atoms with Crippen LogP contribution in [-0.2, 0) is 17.1 Å². The Kier molecular flexibility index (Phi) is 5.93. The number of nitrogens with zero attached hydrogens (tertiary/aromatic N) is 3. The third kappa shape index (κ3) is 3.94. The second-order valence-corrected chi connectivity index (χ2v) is 9.71.